The standard InChI is InChI=1S/C6H10N2S/c1-8-6(3-5-9)2-4-7-8/h2,4,9H,3,5H2,1H3. The Morgan fingerprint density at radius 2 is 2.56 bits per heavy atom. The van der Waals surface area contributed by atoms with Gasteiger partial charge in [-0.3, -0.25) is 4.68 Å². The monoisotopic (exact) mass is 142 g/mol. The van der Waals surface area contributed by atoms with Crippen LogP contribution in [0.4, 0.5) is 0 Å². The number of hydrogen-bond acceptors (Lipinski definition) is 2. The van der Waals surface area contributed by atoms with Crippen LogP contribution in [0.2, 0.25) is 0 Å². The van der Waals surface area contributed by atoms with Crippen molar-refractivity contribution in [1.29, 1.82) is 0 Å². The van der Waals surface area contributed by atoms with Gasteiger partial charge in [0.25, 0.3) is 0 Å². The Morgan fingerprint density at radius 3 is 3.00 bits per heavy atom. The molecule has 1 aromatic heterocycles. The maximum absolute atomic E-state index is 4.11. The Hall–Kier alpha value is -0.440. The first-order chi connectivity index (χ1) is 4.34. The van der Waals surface area contributed by atoms with Gasteiger partial charge < -0.3 is 0 Å². The van der Waals surface area contributed by atoms with E-state index in [4.69, 9.17) is 0 Å². The summed E-state index contributed by atoms with van der Waals surface area (Å²) in [4.78, 5) is 0. The normalized spacial score (nSPS) is 10.0. The number of aryl methyl sites for hydroxylation is 2. The lowest BCUT2D eigenvalue weighted by molar-refractivity contribution is 0.720. The second kappa shape index (κ2) is 2.92. The fourth-order valence-electron chi connectivity index (χ4n) is 0.761. The third-order valence-electron chi connectivity index (χ3n) is 1.29. The van der Waals surface area contributed by atoms with Crippen LogP contribution in [0, 0.1) is 0 Å². The molecule has 0 spiro atoms. The molecule has 0 saturated carbocycles. The predicted octanol–water partition coefficient (Wildman–Crippen LogP) is 0.892. The Balaban J connectivity index is 2.69. The van der Waals surface area contributed by atoms with E-state index in [1.165, 1.54) is 5.69 Å². The molecule has 0 radical (unpaired) electrons. The maximum atomic E-state index is 4.11. The van der Waals surface area contributed by atoms with Gasteiger partial charge in [0.15, 0.2) is 0 Å². The molecule has 3 heteroatoms. The lowest BCUT2D eigenvalue weighted by atomic mass is 10.3. The minimum absolute atomic E-state index is 0.888. The molecular formula is C6H10N2S. The fourth-order valence-corrected chi connectivity index (χ4v) is 0.990. The van der Waals surface area contributed by atoms with Gasteiger partial charge >= 0.3 is 0 Å². The molecule has 0 amide bonds. The molecule has 0 unspecified atom stereocenters. The number of nitrogens with zero attached hydrogens (tertiary/aromatic N) is 2. The Kier molecular flexibility index (Phi) is 2.16. The van der Waals surface area contributed by atoms with Crippen LogP contribution in [0.1, 0.15) is 5.69 Å². The van der Waals surface area contributed by atoms with Crippen molar-refractivity contribution >= 4 is 12.6 Å². The van der Waals surface area contributed by atoms with Crippen molar-refractivity contribution in [3.05, 3.63) is 18.0 Å². The molecule has 0 aliphatic carbocycles. The largest absolute Gasteiger partial charge is 0.273 e. The van der Waals surface area contributed by atoms with Crippen LogP contribution in [-0.4, -0.2) is 15.5 Å². The summed E-state index contributed by atoms with van der Waals surface area (Å²) in [6.07, 6.45) is 2.80. The van der Waals surface area contributed by atoms with E-state index < -0.39 is 0 Å². The molecule has 9 heavy (non-hydrogen) atoms. The molecule has 2 nitrogen and oxygen atoms in total. The Morgan fingerprint density at radius 1 is 1.78 bits per heavy atom. The van der Waals surface area contributed by atoms with Gasteiger partial charge in [-0.2, -0.15) is 17.7 Å². The highest BCUT2D eigenvalue weighted by Gasteiger charge is 1.93. The highest BCUT2D eigenvalue weighted by Crippen LogP contribution is 1.97. The lowest BCUT2D eigenvalue weighted by Gasteiger charge is -1.95. The summed E-state index contributed by atoms with van der Waals surface area (Å²) in [6, 6.07) is 2.01. The van der Waals surface area contributed by atoms with Crippen LogP contribution in [0.3, 0.4) is 0 Å². The van der Waals surface area contributed by atoms with Gasteiger partial charge in [0.2, 0.25) is 0 Å². The molecule has 0 aliphatic rings. The summed E-state index contributed by atoms with van der Waals surface area (Å²) in [5.74, 6) is 0.888. The molecule has 0 atom stereocenters. The molecule has 0 saturated heterocycles. The average Bonchev–Trinajstić information content (AvgIpc) is 2.18. The zero-order chi connectivity index (χ0) is 6.69. The smallest absolute Gasteiger partial charge is 0.0492 e. The quantitative estimate of drug-likeness (QED) is 0.607. The van der Waals surface area contributed by atoms with Gasteiger partial charge in [-0.25, -0.2) is 0 Å². The third-order valence-corrected chi connectivity index (χ3v) is 1.51. The topological polar surface area (TPSA) is 17.8 Å². The van der Waals surface area contributed by atoms with E-state index >= 15 is 0 Å². The zero-order valence-corrected chi connectivity index (χ0v) is 6.30. The molecule has 0 fully saturated rings. The average molecular weight is 142 g/mol. The second-order valence-electron chi connectivity index (χ2n) is 1.92. The van der Waals surface area contributed by atoms with Crippen molar-refractivity contribution in [2.75, 3.05) is 5.75 Å². The highest BCUT2D eigenvalue weighted by atomic mass is 32.1. The first kappa shape index (κ1) is 6.68. The molecule has 1 rings (SSSR count). The van der Waals surface area contributed by atoms with Crippen molar-refractivity contribution in [2.45, 2.75) is 6.42 Å². The molecule has 0 bridgehead atoms. The molecule has 0 aliphatic heterocycles. The van der Waals surface area contributed by atoms with Crippen molar-refractivity contribution in [1.82, 2.24) is 9.78 Å². The summed E-state index contributed by atoms with van der Waals surface area (Å²) in [7, 11) is 1.94. The van der Waals surface area contributed by atoms with Crippen molar-refractivity contribution < 1.29 is 0 Å². The molecule has 0 aromatic carbocycles. The molecule has 1 aromatic rings. The summed E-state index contributed by atoms with van der Waals surface area (Å²) < 4.78 is 1.87. The third kappa shape index (κ3) is 1.48. The van der Waals surface area contributed by atoms with Crippen LogP contribution in [-0.2, 0) is 13.5 Å². The van der Waals surface area contributed by atoms with E-state index in [9.17, 15) is 0 Å². The number of aromatic nitrogens is 2. The van der Waals surface area contributed by atoms with E-state index in [0.29, 0.717) is 0 Å². The van der Waals surface area contributed by atoms with Crippen molar-refractivity contribution in [3.8, 4) is 0 Å². The Labute approximate surface area is 60.3 Å². The zero-order valence-electron chi connectivity index (χ0n) is 5.41. The highest BCUT2D eigenvalue weighted by molar-refractivity contribution is 7.80. The van der Waals surface area contributed by atoms with Gasteiger partial charge in [0, 0.05) is 18.9 Å². The Bertz CT molecular complexity index is 183. The summed E-state index contributed by atoms with van der Waals surface area (Å²) in [5, 5.41) is 4.02. The summed E-state index contributed by atoms with van der Waals surface area (Å²) in [6.45, 7) is 0. The van der Waals surface area contributed by atoms with Gasteiger partial charge in [-0.15, -0.1) is 0 Å². The van der Waals surface area contributed by atoms with Gasteiger partial charge in [0.05, 0.1) is 0 Å². The first-order valence-corrected chi connectivity index (χ1v) is 3.55. The van der Waals surface area contributed by atoms with E-state index in [0.717, 1.165) is 12.2 Å². The van der Waals surface area contributed by atoms with E-state index in [1.807, 2.05) is 17.8 Å². The maximum Gasteiger partial charge on any atom is 0.0492 e. The van der Waals surface area contributed by atoms with Crippen molar-refractivity contribution in [3.63, 3.8) is 0 Å². The van der Waals surface area contributed by atoms with E-state index in [-0.39, 0.29) is 0 Å². The van der Waals surface area contributed by atoms with Crippen LogP contribution >= 0.6 is 12.6 Å². The molecule has 50 valence electrons. The van der Waals surface area contributed by atoms with E-state index in [1.54, 1.807) is 6.20 Å². The van der Waals surface area contributed by atoms with Gasteiger partial charge in [-0.1, -0.05) is 0 Å². The molecule has 0 N–H and O–H groups in total. The number of rotatable bonds is 2. The fraction of sp³-hybridized carbons (Fsp3) is 0.500. The van der Waals surface area contributed by atoms with Crippen LogP contribution in [0.5, 0.6) is 0 Å². The number of hydrogen-bond donors (Lipinski definition) is 1. The van der Waals surface area contributed by atoms with Gasteiger partial charge in [0.1, 0.15) is 0 Å². The first-order valence-electron chi connectivity index (χ1n) is 2.92. The minimum Gasteiger partial charge on any atom is -0.273 e. The minimum atomic E-state index is 0.888. The SMILES string of the molecule is Cn1nccc1CCS. The summed E-state index contributed by atoms with van der Waals surface area (Å²) >= 11 is 4.11. The lowest BCUT2D eigenvalue weighted by Crippen LogP contribution is -1.97. The van der Waals surface area contributed by atoms with Crippen LogP contribution in [0.25, 0.3) is 0 Å². The predicted molar refractivity (Wildman–Crippen MR) is 40.8 cm³/mol. The van der Waals surface area contributed by atoms with Crippen LogP contribution < -0.4 is 0 Å². The van der Waals surface area contributed by atoms with Crippen LogP contribution in [0.15, 0.2) is 12.3 Å². The molecular weight excluding hydrogens is 132 g/mol. The van der Waals surface area contributed by atoms with E-state index in [2.05, 4.69) is 17.7 Å². The summed E-state index contributed by atoms with van der Waals surface area (Å²) in [5.41, 5.74) is 1.24. The van der Waals surface area contributed by atoms with Crippen molar-refractivity contribution in [2.24, 2.45) is 7.05 Å². The number of thiol groups is 1. The van der Waals surface area contributed by atoms with Gasteiger partial charge in [-0.05, 0) is 18.2 Å². The molecule has 1 heterocycles. The second-order valence-corrected chi connectivity index (χ2v) is 2.37.